The molecule has 0 aliphatic rings. The van der Waals surface area contributed by atoms with Crippen molar-refractivity contribution in [2.75, 3.05) is 0 Å². The van der Waals surface area contributed by atoms with E-state index >= 15 is 0 Å². The van der Waals surface area contributed by atoms with Gasteiger partial charge in [0, 0.05) is 0 Å². The zero-order valence-electron chi connectivity index (χ0n) is 6.43. The summed E-state index contributed by atoms with van der Waals surface area (Å²) in [6.45, 7) is 1.48. The lowest BCUT2D eigenvalue weighted by Gasteiger charge is -2.04. The first-order chi connectivity index (χ1) is 5.70. The molecule has 0 aliphatic carbocycles. The summed E-state index contributed by atoms with van der Waals surface area (Å²) in [6.07, 6.45) is 0.299. The van der Waals surface area contributed by atoms with Crippen LogP contribution in [0.4, 0.5) is 0 Å². The van der Waals surface area contributed by atoms with Crippen molar-refractivity contribution in [1.29, 1.82) is 0 Å². The lowest BCUT2D eigenvalue weighted by Crippen LogP contribution is -2.19. The lowest BCUT2D eigenvalue weighted by atomic mass is 10.4. The van der Waals surface area contributed by atoms with E-state index in [0.29, 0.717) is 5.82 Å². The number of hydrogen-bond donors (Lipinski definition) is 1. The van der Waals surface area contributed by atoms with E-state index in [-0.39, 0.29) is 6.61 Å². The van der Waals surface area contributed by atoms with E-state index in [0.717, 1.165) is 6.39 Å². The standard InChI is InChI=1S/C6H8N2O4/c1-4(6(9)10)11-2-5-7-3-12-8-5/h3-4H,2H2,1H3,(H,9,10)/t4-/m0/s1. The van der Waals surface area contributed by atoms with Gasteiger partial charge in [0.1, 0.15) is 6.61 Å². The molecule has 0 aliphatic heterocycles. The Kier molecular flexibility index (Phi) is 2.76. The molecule has 66 valence electrons. The molecule has 1 aromatic heterocycles. The fourth-order valence-corrected chi connectivity index (χ4v) is 0.527. The van der Waals surface area contributed by atoms with E-state index in [1.165, 1.54) is 6.92 Å². The average Bonchev–Trinajstić information content (AvgIpc) is 2.51. The van der Waals surface area contributed by atoms with Crippen LogP contribution in [-0.4, -0.2) is 27.3 Å². The minimum absolute atomic E-state index is 0.0456. The van der Waals surface area contributed by atoms with Crippen LogP contribution in [0, 0.1) is 0 Å². The Hall–Kier alpha value is -1.43. The second kappa shape index (κ2) is 3.82. The maximum absolute atomic E-state index is 10.3. The Labute approximate surface area is 68.1 Å². The molecule has 12 heavy (non-hydrogen) atoms. The van der Waals surface area contributed by atoms with Gasteiger partial charge in [-0.15, -0.1) is 0 Å². The van der Waals surface area contributed by atoms with E-state index in [4.69, 9.17) is 9.84 Å². The molecule has 0 saturated carbocycles. The number of rotatable bonds is 4. The summed E-state index contributed by atoms with van der Waals surface area (Å²) >= 11 is 0. The number of nitrogens with zero attached hydrogens (tertiary/aromatic N) is 2. The molecule has 6 heteroatoms. The number of aromatic nitrogens is 2. The third-order valence-electron chi connectivity index (χ3n) is 1.22. The van der Waals surface area contributed by atoms with Crippen molar-refractivity contribution in [1.82, 2.24) is 10.1 Å². The average molecular weight is 172 g/mol. The van der Waals surface area contributed by atoms with Crippen molar-refractivity contribution < 1.29 is 19.2 Å². The maximum atomic E-state index is 10.3. The predicted molar refractivity (Wildman–Crippen MR) is 36.2 cm³/mol. The normalized spacial score (nSPS) is 12.8. The fraction of sp³-hybridized carbons (Fsp3) is 0.500. The summed E-state index contributed by atoms with van der Waals surface area (Å²) in [7, 11) is 0. The van der Waals surface area contributed by atoms with Crippen LogP contribution >= 0.6 is 0 Å². The third kappa shape index (κ3) is 2.31. The van der Waals surface area contributed by atoms with Gasteiger partial charge in [0.2, 0.25) is 6.39 Å². The number of carboxylic acids is 1. The van der Waals surface area contributed by atoms with Crippen molar-refractivity contribution in [3.8, 4) is 0 Å². The van der Waals surface area contributed by atoms with E-state index in [2.05, 4.69) is 14.7 Å². The number of hydrogen-bond acceptors (Lipinski definition) is 5. The van der Waals surface area contributed by atoms with E-state index in [9.17, 15) is 4.79 Å². The quantitative estimate of drug-likeness (QED) is 0.691. The number of carbonyl (C=O) groups is 1. The molecule has 0 fully saturated rings. The molecule has 0 aromatic carbocycles. The van der Waals surface area contributed by atoms with Gasteiger partial charge in [0.25, 0.3) is 0 Å². The number of carboxylic acid groups (broad SMARTS) is 1. The molecule has 0 unspecified atom stereocenters. The number of ether oxygens (including phenoxy) is 1. The molecule has 6 nitrogen and oxygen atoms in total. The second-order valence-corrected chi connectivity index (χ2v) is 2.14. The van der Waals surface area contributed by atoms with Gasteiger partial charge in [-0.1, -0.05) is 5.16 Å². The maximum Gasteiger partial charge on any atom is 0.332 e. The zero-order valence-corrected chi connectivity index (χ0v) is 6.43. The van der Waals surface area contributed by atoms with Gasteiger partial charge < -0.3 is 14.4 Å². The molecule has 1 aromatic rings. The van der Waals surface area contributed by atoms with Crippen molar-refractivity contribution in [3.05, 3.63) is 12.2 Å². The molecule has 1 atom stereocenters. The highest BCUT2D eigenvalue weighted by atomic mass is 16.5. The molecule has 0 saturated heterocycles. The molecule has 1 heterocycles. The molecular weight excluding hydrogens is 164 g/mol. The Balaban J connectivity index is 2.31. The van der Waals surface area contributed by atoms with Crippen LogP contribution in [0.25, 0.3) is 0 Å². The Morgan fingerprint density at radius 2 is 2.67 bits per heavy atom. The molecule has 0 radical (unpaired) electrons. The van der Waals surface area contributed by atoms with Gasteiger partial charge in [-0.2, -0.15) is 4.98 Å². The van der Waals surface area contributed by atoms with Crippen molar-refractivity contribution in [3.63, 3.8) is 0 Å². The molecule has 0 bridgehead atoms. The summed E-state index contributed by atoms with van der Waals surface area (Å²) < 4.78 is 9.28. The summed E-state index contributed by atoms with van der Waals surface area (Å²) in [4.78, 5) is 13.9. The first-order valence-corrected chi connectivity index (χ1v) is 3.30. The molecular formula is C6H8N2O4. The van der Waals surface area contributed by atoms with Gasteiger partial charge >= 0.3 is 5.97 Å². The fourth-order valence-electron chi connectivity index (χ4n) is 0.527. The van der Waals surface area contributed by atoms with Gasteiger partial charge in [-0.25, -0.2) is 4.79 Å². The predicted octanol–water partition coefficient (Wildman–Crippen LogP) is 0.0593. The molecule has 0 spiro atoms. The van der Waals surface area contributed by atoms with Crippen molar-refractivity contribution >= 4 is 5.97 Å². The van der Waals surface area contributed by atoms with Gasteiger partial charge in [-0.3, -0.25) is 0 Å². The highest BCUT2D eigenvalue weighted by Gasteiger charge is 2.11. The Bertz CT molecular complexity index is 246. The van der Waals surface area contributed by atoms with Gasteiger partial charge in [0.05, 0.1) is 0 Å². The first-order valence-electron chi connectivity index (χ1n) is 3.30. The van der Waals surface area contributed by atoms with Crippen LogP contribution in [0.1, 0.15) is 12.7 Å². The summed E-state index contributed by atoms with van der Waals surface area (Å²) in [5.74, 6) is -0.679. The summed E-state index contributed by atoms with van der Waals surface area (Å²) in [5, 5.41) is 11.9. The van der Waals surface area contributed by atoms with Crippen molar-refractivity contribution in [2.45, 2.75) is 19.6 Å². The Morgan fingerprint density at radius 1 is 1.92 bits per heavy atom. The summed E-state index contributed by atoms with van der Waals surface area (Å²) in [5.41, 5.74) is 0. The highest BCUT2D eigenvalue weighted by molar-refractivity contribution is 5.71. The van der Waals surface area contributed by atoms with Crippen molar-refractivity contribution in [2.24, 2.45) is 0 Å². The van der Waals surface area contributed by atoms with Crippen LogP contribution in [-0.2, 0) is 16.1 Å². The second-order valence-electron chi connectivity index (χ2n) is 2.14. The van der Waals surface area contributed by atoms with Crippen LogP contribution < -0.4 is 0 Å². The SMILES string of the molecule is C[C@H](OCc1ncon1)C(=O)O. The van der Waals surface area contributed by atoms with Crippen LogP contribution in [0.5, 0.6) is 0 Å². The molecule has 0 amide bonds. The number of aliphatic carboxylic acids is 1. The zero-order chi connectivity index (χ0) is 8.97. The van der Waals surface area contributed by atoms with E-state index < -0.39 is 12.1 Å². The van der Waals surface area contributed by atoms with Gasteiger partial charge in [-0.05, 0) is 6.92 Å². The smallest absolute Gasteiger partial charge is 0.332 e. The third-order valence-corrected chi connectivity index (χ3v) is 1.22. The topological polar surface area (TPSA) is 85.5 Å². The first kappa shape index (κ1) is 8.66. The van der Waals surface area contributed by atoms with Crippen LogP contribution in [0.3, 0.4) is 0 Å². The van der Waals surface area contributed by atoms with E-state index in [1.807, 2.05) is 0 Å². The van der Waals surface area contributed by atoms with Crippen LogP contribution in [0.15, 0.2) is 10.9 Å². The largest absolute Gasteiger partial charge is 0.479 e. The van der Waals surface area contributed by atoms with E-state index in [1.54, 1.807) is 0 Å². The van der Waals surface area contributed by atoms with Crippen LogP contribution in [0.2, 0.25) is 0 Å². The highest BCUT2D eigenvalue weighted by Crippen LogP contribution is 1.97. The molecule has 1 rings (SSSR count). The van der Waals surface area contributed by atoms with Gasteiger partial charge in [0.15, 0.2) is 11.9 Å². The summed E-state index contributed by atoms with van der Waals surface area (Å²) in [6, 6.07) is 0. The lowest BCUT2D eigenvalue weighted by molar-refractivity contribution is -0.150. The monoisotopic (exact) mass is 172 g/mol. The minimum atomic E-state index is -1.02. The Morgan fingerprint density at radius 3 is 3.17 bits per heavy atom. The minimum Gasteiger partial charge on any atom is -0.479 e. The molecule has 1 N–H and O–H groups in total.